The van der Waals surface area contributed by atoms with E-state index < -0.39 is 0 Å². The Hall–Kier alpha value is -1.13. The highest BCUT2D eigenvalue weighted by Gasteiger charge is 2.06. The lowest BCUT2D eigenvalue weighted by atomic mass is 10.3. The first-order chi connectivity index (χ1) is 7.08. The highest BCUT2D eigenvalue weighted by atomic mass is 35.5. The van der Waals surface area contributed by atoms with Gasteiger partial charge in [0, 0.05) is 16.9 Å². The van der Waals surface area contributed by atoms with Gasteiger partial charge in [0.15, 0.2) is 4.77 Å². The van der Waals surface area contributed by atoms with Crippen LogP contribution in [0.1, 0.15) is 5.69 Å². The number of aromatic nitrogens is 2. The van der Waals surface area contributed by atoms with Gasteiger partial charge >= 0.3 is 0 Å². The third-order valence-electron chi connectivity index (χ3n) is 2.01. The van der Waals surface area contributed by atoms with Crippen LogP contribution in [0, 0.1) is 17.5 Å². The molecule has 0 saturated heterocycles. The molecule has 0 radical (unpaired) electrons. The second kappa shape index (κ2) is 3.79. The second-order valence-electron chi connectivity index (χ2n) is 3.21. The van der Waals surface area contributed by atoms with E-state index >= 15 is 0 Å². The Bertz CT molecular complexity index is 559. The summed E-state index contributed by atoms with van der Waals surface area (Å²) in [7, 11) is 0. The predicted molar refractivity (Wildman–Crippen MR) is 60.7 cm³/mol. The van der Waals surface area contributed by atoms with Crippen molar-refractivity contribution in [3.63, 3.8) is 0 Å². The largest absolute Gasteiger partial charge is 0.335 e. The molecule has 5 heteroatoms. The van der Waals surface area contributed by atoms with Gasteiger partial charge in [-0.25, -0.2) is 4.39 Å². The molecule has 0 bridgehead atoms. The number of hydrogen-bond donors (Lipinski definition) is 1. The van der Waals surface area contributed by atoms with Gasteiger partial charge in [-0.3, -0.25) is 4.57 Å². The molecule has 1 aromatic heterocycles. The van der Waals surface area contributed by atoms with Gasteiger partial charge in [-0.1, -0.05) is 11.6 Å². The molecular formula is C10H8ClFN2S. The Morgan fingerprint density at radius 2 is 2.20 bits per heavy atom. The van der Waals surface area contributed by atoms with Crippen molar-refractivity contribution in [2.45, 2.75) is 6.92 Å². The quantitative estimate of drug-likeness (QED) is 0.758. The summed E-state index contributed by atoms with van der Waals surface area (Å²) in [6, 6.07) is 4.37. The predicted octanol–water partition coefficient (Wildman–Crippen LogP) is 3.64. The number of rotatable bonds is 1. The molecular weight excluding hydrogens is 235 g/mol. The molecule has 0 aliphatic heterocycles. The summed E-state index contributed by atoms with van der Waals surface area (Å²) >= 11 is 10.9. The minimum Gasteiger partial charge on any atom is -0.335 e. The summed E-state index contributed by atoms with van der Waals surface area (Å²) in [5.74, 6) is -0.352. The minimum atomic E-state index is -0.352. The van der Waals surface area contributed by atoms with Crippen molar-refractivity contribution in [1.82, 2.24) is 9.55 Å². The van der Waals surface area contributed by atoms with Gasteiger partial charge in [-0.15, -0.1) is 0 Å². The maximum Gasteiger partial charge on any atom is 0.182 e. The number of benzene rings is 1. The zero-order valence-electron chi connectivity index (χ0n) is 7.92. The molecule has 0 spiro atoms. The molecule has 1 heterocycles. The maximum absolute atomic E-state index is 13.5. The van der Waals surface area contributed by atoms with E-state index in [0.717, 1.165) is 5.69 Å². The summed E-state index contributed by atoms with van der Waals surface area (Å²) in [4.78, 5) is 2.92. The normalized spacial score (nSPS) is 10.6. The van der Waals surface area contributed by atoms with Gasteiger partial charge in [0.2, 0.25) is 0 Å². The van der Waals surface area contributed by atoms with Crippen LogP contribution in [0.3, 0.4) is 0 Å². The van der Waals surface area contributed by atoms with Crippen molar-refractivity contribution in [2.24, 2.45) is 0 Å². The number of H-pyrrole nitrogens is 1. The minimum absolute atomic E-state index is 0.352. The molecule has 0 fully saturated rings. The Morgan fingerprint density at radius 1 is 1.47 bits per heavy atom. The monoisotopic (exact) mass is 242 g/mol. The smallest absolute Gasteiger partial charge is 0.182 e. The van der Waals surface area contributed by atoms with Crippen LogP contribution in [-0.4, -0.2) is 9.55 Å². The number of nitrogens with zero attached hydrogens (tertiary/aromatic N) is 1. The van der Waals surface area contributed by atoms with E-state index in [9.17, 15) is 4.39 Å². The zero-order valence-corrected chi connectivity index (χ0v) is 9.49. The maximum atomic E-state index is 13.5. The molecule has 2 rings (SSSR count). The fourth-order valence-corrected chi connectivity index (χ4v) is 1.84. The molecule has 0 saturated carbocycles. The molecule has 15 heavy (non-hydrogen) atoms. The van der Waals surface area contributed by atoms with Crippen LogP contribution in [0.2, 0.25) is 5.02 Å². The average molecular weight is 243 g/mol. The molecule has 78 valence electrons. The first-order valence-corrected chi connectivity index (χ1v) is 5.10. The molecule has 0 aliphatic rings. The van der Waals surface area contributed by atoms with Crippen molar-refractivity contribution in [1.29, 1.82) is 0 Å². The van der Waals surface area contributed by atoms with Crippen molar-refractivity contribution in [3.8, 4) is 5.69 Å². The fourth-order valence-electron chi connectivity index (χ4n) is 1.36. The molecule has 1 N–H and O–H groups in total. The van der Waals surface area contributed by atoms with E-state index in [1.165, 1.54) is 12.1 Å². The summed E-state index contributed by atoms with van der Waals surface area (Å²) in [5.41, 5.74) is 1.23. The van der Waals surface area contributed by atoms with Crippen LogP contribution in [0.15, 0.2) is 24.4 Å². The number of nitrogens with one attached hydrogen (secondary N) is 1. The van der Waals surface area contributed by atoms with Crippen LogP contribution < -0.4 is 0 Å². The van der Waals surface area contributed by atoms with Gasteiger partial charge in [0.1, 0.15) is 5.82 Å². The standard InChI is InChI=1S/C10H8ClFN2S/c1-6-5-14(10(15)13-6)9-4-7(11)2-3-8(9)12/h2-5H,1H3,(H,13,15). The Morgan fingerprint density at radius 3 is 2.80 bits per heavy atom. The van der Waals surface area contributed by atoms with Crippen molar-refractivity contribution < 1.29 is 4.39 Å². The lowest BCUT2D eigenvalue weighted by molar-refractivity contribution is 0.617. The van der Waals surface area contributed by atoms with E-state index in [-0.39, 0.29) is 5.82 Å². The SMILES string of the molecule is Cc1cn(-c2cc(Cl)ccc2F)c(=S)[nH]1. The molecule has 2 aromatic rings. The Balaban J connectivity index is 2.68. The summed E-state index contributed by atoms with van der Waals surface area (Å²) in [6.45, 7) is 1.86. The number of hydrogen-bond acceptors (Lipinski definition) is 1. The van der Waals surface area contributed by atoms with Gasteiger partial charge in [0.25, 0.3) is 0 Å². The highest BCUT2D eigenvalue weighted by molar-refractivity contribution is 7.71. The Kier molecular flexibility index (Phi) is 2.63. The van der Waals surface area contributed by atoms with Crippen LogP contribution in [0.4, 0.5) is 4.39 Å². The van der Waals surface area contributed by atoms with Crippen LogP contribution in [0.5, 0.6) is 0 Å². The first-order valence-electron chi connectivity index (χ1n) is 4.31. The van der Waals surface area contributed by atoms with Crippen molar-refractivity contribution in [3.05, 3.63) is 45.7 Å². The average Bonchev–Trinajstić information content (AvgIpc) is 2.50. The molecule has 0 aliphatic carbocycles. The van der Waals surface area contributed by atoms with E-state index in [1.807, 2.05) is 6.92 Å². The van der Waals surface area contributed by atoms with E-state index in [2.05, 4.69) is 4.98 Å². The van der Waals surface area contributed by atoms with Crippen LogP contribution in [0.25, 0.3) is 5.69 Å². The van der Waals surface area contributed by atoms with Gasteiger partial charge in [-0.2, -0.15) is 0 Å². The van der Waals surface area contributed by atoms with Crippen LogP contribution >= 0.6 is 23.8 Å². The lowest BCUT2D eigenvalue weighted by Gasteiger charge is -2.03. The Labute approximate surface area is 96.3 Å². The third kappa shape index (κ3) is 1.96. The third-order valence-corrected chi connectivity index (χ3v) is 2.55. The topological polar surface area (TPSA) is 20.7 Å². The molecule has 0 amide bonds. The summed E-state index contributed by atoms with van der Waals surface area (Å²) < 4.78 is 15.5. The van der Waals surface area contributed by atoms with Crippen LogP contribution in [-0.2, 0) is 0 Å². The summed E-state index contributed by atoms with van der Waals surface area (Å²) in [5, 5.41) is 0.479. The summed E-state index contributed by atoms with van der Waals surface area (Å²) in [6.07, 6.45) is 1.73. The molecule has 0 atom stereocenters. The number of aryl methyl sites for hydroxylation is 1. The number of aromatic amines is 1. The fraction of sp³-hybridized carbons (Fsp3) is 0.100. The highest BCUT2D eigenvalue weighted by Crippen LogP contribution is 2.19. The van der Waals surface area contributed by atoms with Crippen molar-refractivity contribution in [2.75, 3.05) is 0 Å². The van der Waals surface area contributed by atoms with Gasteiger partial charge < -0.3 is 4.98 Å². The molecule has 2 nitrogen and oxygen atoms in total. The van der Waals surface area contributed by atoms with E-state index in [1.54, 1.807) is 16.8 Å². The second-order valence-corrected chi connectivity index (χ2v) is 4.03. The first kappa shape index (κ1) is 10.4. The van der Waals surface area contributed by atoms with Gasteiger partial charge in [-0.05, 0) is 37.3 Å². The van der Waals surface area contributed by atoms with Gasteiger partial charge in [0.05, 0.1) is 5.69 Å². The number of halogens is 2. The molecule has 1 aromatic carbocycles. The van der Waals surface area contributed by atoms with E-state index in [4.69, 9.17) is 23.8 Å². The van der Waals surface area contributed by atoms with Crippen molar-refractivity contribution >= 4 is 23.8 Å². The lowest BCUT2D eigenvalue weighted by Crippen LogP contribution is -1.95. The van der Waals surface area contributed by atoms with E-state index in [0.29, 0.717) is 15.5 Å². The number of imidazole rings is 1. The zero-order chi connectivity index (χ0) is 11.0. The molecule has 0 unspecified atom stereocenters.